The van der Waals surface area contributed by atoms with Crippen molar-refractivity contribution in [2.45, 2.75) is 65.2 Å². The Morgan fingerprint density at radius 2 is 1.76 bits per heavy atom. The number of likely N-dealkylation sites (tertiary alicyclic amines) is 1. The lowest BCUT2D eigenvalue weighted by atomic mass is 10.0. The highest BCUT2D eigenvalue weighted by atomic mass is 16.2. The molecule has 3 aliphatic rings. The van der Waals surface area contributed by atoms with Crippen molar-refractivity contribution in [3.63, 3.8) is 0 Å². The van der Waals surface area contributed by atoms with Crippen LogP contribution >= 0.6 is 0 Å². The number of piperidine rings is 1. The molecule has 0 saturated carbocycles. The van der Waals surface area contributed by atoms with Gasteiger partial charge in [-0.05, 0) is 70.8 Å². The van der Waals surface area contributed by atoms with Crippen LogP contribution in [0, 0.1) is 5.92 Å². The highest BCUT2D eigenvalue weighted by Crippen LogP contribution is 2.20. The van der Waals surface area contributed by atoms with Crippen LogP contribution in [0.1, 0.15) is 47.0 Å². The van der Waals surface area contributed by atoms with Gasteiger partial charge in [-0.25, -0.2) is 0 Å². The van der Waals surface area contributed by atoms with Crippen molar-refractivity contribution in [1.82, 2.24) is 25.3 Å². The zero-order valence-electron chi connectivity index (χ0n) is 18.9. The summed E-state index contributed by atoms with van der Waals surface area (Å²) in [5.41, 5.74) is 0.681. The number of rotatable bonds is 6. The minimum absolute atomic E-state index is 0.00131. The van der Waals surface area contributed by atoms with Gasteiger partial charge in [0.05, 0.1) is 6.17 Å². The van der Waals surface area contributed by atoms with Gasteiger partial charge in [0, 0.05) is 38.3 Å². The first kappa shape index (κ1) is 22.3. The first-order valence-corrected chi connectivity index (χ1v) is 11.6. The van der Waals surface area contributed by atoms with E-state index in [1.807, 2.05) is 12.2 Å². The number of nitrogens with one attached hydrogen (secondary N) is 2. The van der Waals surface area contributed by atoms with Crippen molar-refractivity contribution in [3.8, 4) is 0 Å². The van der Waals surface area contributed by atoms with Gasteiger partial charge in [0.1, 0.15) is 5.70 Å². The van der Waals surface area contributed by atoms with Gasteiger partial charge in [-0.2, -0.15) is 0 Å². The summed E-state index contributed by atoms with van der Waals surface area (Å²) in [5, 5.41) is 6.46. The first-order chi connectivity index (χ1) is 13.9. The number of amides is 1. The van der Waals surface area contributed by atoms with Crippen molar-refractivity contribution in [2.75, 3.05) is 45.8 Å². The molecule has 3 rings (SSSR count). The van der Waals surface area contributed by atoms with Crippen LogP contribution in [0.2, 0.25) is 0 Å². The molecule has 0 aliphatic carbocycles. The molecule has 1 amide bonds. The Bertz CT molecular complexity index is 592. The van der Waals surface area contributed by atoms with E-state index in [0.717, 1.165) is 25.7 Å². The monoisotopic (exact) mass is 403 g/mol. The third-order valence-electron chi connectivity index (χ3n) is 6.48. The van der Waals surface area contributed by atoms with E-state index in [0.29, 0.717) is 24.2 Å². The molecule has 3 aliphatic heterocycles. The number of nitrogens with zero attached hydrogens (tertiary/aromatic N) is 3. The third kappa shape index (κ3) is 6.30. The van der Waals surface area contributed by atoms with E-state index in [9.17, 15) is 4.79 Å². The van der Waals surface area contributed by atoms with Crippen LogP contribution in [-0.4, -0.2) is 84.7 Å². The average molecular weight is 404 g/mol. The molecule has 0 aromatic carbocycles. The zero-order chi connectivity index (χ0) is 20.8. The van der Waals surface area contributed by atoms with Crippen LogP contribution in [0.25, 0.3) is 0 Å². The largest absolute Gasteiger partial charge is 0.362 e. The van der Waals surface area contributed by atoms with Crippen molar-refractivity contribution >= 4 is 5.91 Å². The zero-order valence-corrected chi connectivity index (χ0v) is 18.9. The van der Waals surface area contributed by atoms with Crippen molar-refractivity contribution in [3.05, 3.63) is 23.9 Å². The maximum atomic E-state index is 12.4. The van der Waals surface area contributed by atoms with Crippen LogP contribution in [0.15, 0.2) is 23.9 Å². The predicted molar refractivity (Wildman–Crippen MR) is 119 cm³/mol. The van der Waals surface area contributed by atoms with Crippen LogP contribution in [-0.2, 0) is 4.79 Å². The Labute approximate surface area is 177 Å². The molecule has 0 spiro atoms. The Hall–Kier alpha value is -1.37. The SMILES string of the molecule is CC(C)CNC(=O)C1=CC=CC(N2CCCN(C3CCN(C(C)C)CC3)CC2)N1. The topological polar surface area (TPSA) is 50.9 Å². The maximum Gasteiger partial charge on any atom is 0.267 e. The molecule has 0 radical (unpaired) electrons. The second-order valence-electron chi connectivity index (χ2n) is 9.44. The quantitative estimate of drug-likeness (QED) is 0.711. The smallest absolute Gasteiger partial charge is 0.267 e. The van der Waals surface area contributed by atoms with E-state index in [4.69, 9.17) is 0 Å². The molecule has 6 nitrogen and oxygen atoms in total. The molecule has 29 heavy (non-hydrogen) atoms. The van der Waals surface area contributed by atoms with Crippen LogP contribution in [0.5, 0.6) is 0 Å². The summed E-state index contributed by atoms with van der Waals surface area (Å²) >= 11 is 0. The van der Waals surface area contributed by atoms with E-state index in [-0.39, 0.29) is 12.1 Å². The number of carbonyl (C=O) groups excluding carboxylic acids is 1. The van der Waals surface area contributed by atoms with Crippen molar-refractivity contribution in [2.24, 2.45) is 5.92 Å². The molecule has 2 N–H and O–H groups in total. The third-order valence-corrected chi connectivity index (χ3v) is 6.48. The van der Waals surface area contributed by atoms with Gasteiger partial charge in [0.25, 0.3) is 5.91 Å². The number of hydrogen-bond donors (Lipinski definition) is 2. The van der Waals surface area contributed by atoms with E-state index in [2.05, 4.69) is 59.1 Å². The molecule has 0 aromatic heterocycles. The molecule has 2 saturated heterocycles. The van der Waals surface area contributed by atoms with Crippen LogP contribution in [0.4, 0.5) is 0 Å². The van der Waals surface area contributed by atoms with Gasteiger partial charge in [0.2, 0.25) is 0 Å². The van der Waals surface area contributed by atoms with Gasteiger partial charge in [0.15, 0.2) is 0 Å². The molecule has 1 atom stereocenters. The normalized spacial score (nSPS) is 25.7. The lowest BCUT2D eigenvalue weighted by Gasteiger charge is -2.39. The Balaban J connectivity index is 1.48. The predicted octanol–water partition coefficient (Wildman–Crippen LogP) is 2.01. The lowest BCUT2D eigenvalue weighted by Crippen LogP contribution is -2.50. The fourth-order valence-corrected chi connectivity index (χ4v) is 4.63. The van der Waals surface area contributed by atoms with Crippen molar-refractivity contribution in [1.29, 1.82) is 0 Å². The Kier molecular flexibility index (Phi) is 8.16. The van der Waals surface area contributed by atoms with Gasteiger partial charge in [-0.3, -0.25) is 14.6 Å². The number of carbonyl (C=O) groups is 1. The number of hydrogen-bond acceptors (Lipinski definition) is 5. The minimum Gasteiger partial charge on any atom is -0.362 e. The summed E-state index contributed by atoms with van der Waals surface area (Å²) < 4.78 is 0. The molecule has 0 bridgehead atoms. The molecular formula is C23H41N5O. The highest BCUT2D eigenvalue weighted by molar-refractivity contribution is 5.93. The average Bonchev–Trinajstić information content (AvgIpc) is 2.98. The molecule has 2 fully saturated rings. The summed E-state index contributed by atoms with van der Waals surface area (Å²) in [5.74, 6) is 0.458. The summed E-state index contributed by atoms with van der Waals surface area (Å²) in [6.45, 7) is 16.4. The lowest BCUT2D eigenvalue weighted by molar-refractivity contribution is -0.118. The van der Waals surface area contributed by atoms with Gasteiger partial charge in [-0.15, -0.1) is 0 Å². The van der Waals surface area contributed by atoms with E-state index in [1.165, 1.54) is 38.9 Å². The molecule has 6 heteroatoms. The molecule has 0 aromatic rings. The second-order valence-corrected chi connectivity index (χ2v) is 9.44. The highest BCUT2D eigenvalue weighted by Gasteiger charge is 2.29. The van der Waals surface area contributed by atoms with Crippen LogP contribution in [0.3, 0.4) is 0 Å². The van der Waals surface area contributed by atoms with Gasteiger partial charge < -0.3 is 15.5 Å². The van der Waals surface area contributed by atoms with Gasteiger partial charge >= 0.3 is 0 Å². The molecular weight excluding hydrogens is 362 g/mol. The number of dihydropyridines is 1. The first-order valence-electron chi connectivity index (χ1n) is 11.6. The number of allylic oxidation sites excluding steroid dienone is 2. The summed E-state index contributed by atoms with van der Waals surface area (Å²) in [4.78, 5) is 20.2. The van der Waals surface area contributed by atoms with E-state index in [1.54, 1.807) is 0 Å². The fourth-order valence-electron chi connectivity index (χ4n) is 4.63. The Morgan fingerprint density at radius 1 is 1.07 bits per heavy atom. The summed E-state index contributed by atoms with van der Waals surface area (Å²) in [7, 11) is 0. The Morgan fingerprint density at radius 3 is 2.45 bits per heavy atom. The van der Waals surface area contributed by atoms with E-state index < -0.39 is 0 Å². The summed E-state index contributed by atoms with van der Waals surface area (Å²) in [6, 6.07) is 1.40. The molecule has 3 heterocycles. The van der Waals surface area contributed by atoms with Crippen molar-refractivity contribution < 1.29 is 4.79 Å². The molecule has 164 valence electrons. The summed E-state index contributed by atoms with van der Waals surface area (Å²) in [6.07, 6.45) is 9.98. The van der Waals surface area contributed by atoms with Gasteiger partial charge in [-0.1, -0.05) is 19.9 Å². The molecule has 1 unspecified atom stereocenters. The maximum absolute atomic E-state index is 12.4. The minimum atomic E-state index is 0.00131. The van der Waals surface area contributed by atoms with E-state index >= 15 is 0 Å². The van der Waals surface area contributed by atoms with Crippen LogP contribution < -0.4 is 10.6 Å². The fraction of sp³-hybridized carbons (Fsp3) is 0.783. The standard InChI is InChI=1S/C23H41N5O/c1-18(2)17-24-23(29)21-7-5-8-22(25-21)28-12-6-11-27(15-16-28)20-9-13-26(14-10-20)19(3)4/h5,7-8,18-20,22,25H,6,9-17H2,1-4H3,(H,24,29). The second kappa shape index (κ2) is 10.6.